The summed E-state index contributed by atoms with van der Waals surface area (Å²) in [4.78, 5) is 47.2. The Morgan fingerprint density at radius 2 is 1.67 bits per heavy atom. The summed E-state index contributed by atoms with van der Waals surface area (Å²) < 4.78 is 16.0. The summed E-state index contributed by atoms with van der Waals surface area (Å²) in [5.74, 6) is 0.522. The molecule has 3 aromatic carbocycles. The van der Waals surface area contributed by atoms with Crippen LogP contribution in [0.1, 0.15) is 79.8 Å². The first-order chi connectivity index (χ1) is 23.3. The lowest BCUT2D eigenvalue weighted by Gasteiger charge is -2.39. The number of piperazine rings is 1. The smallest absolute Gasteiger partial charge is 0.264 e. The van der Waals surface area contributed by atoms with Crippen LogP contribution < -0.4 is 19.7 Å². The topological polar surface area (TPSA) is 117 Å². The van der Waals surface area contributed by atoms with Gasteiger partial charge in [0.15, 0.2) is 11.5 Å². The van der Waals surface area contributed by atoms with E-state index in [-0.39, 0.29) is 23.8 Å². The minimum Gasteiger partial charge on any atom is -0.493 e. The fourth-order valence-electron chi connectivity index (χ4n) is 6.74. The number of fused-ring (bicyclic) bond motifs is 1. The lowest BCUT2D eigenvalue weighted by molar-refractivity contribution is 0.0570. The van der Waals surface area contributed by atoms with Gasteiger partial charge in [0.2, 0.25) is 0 Å². The largest absolute Gasteiger partial charge is 0.493 e. The average molecular weight is 652 g/mol. The Morgan fingerprint density at radius 3 is 2.35 bits per heavy atom. The van der Waals surface area contributed by atoms with Crippen LogP contribution >= 0.6 is 0 Å². The van der Waals surface area contributed by atoms with Crippen LogP contribution in [-0.2, 0) is 0 Å². The van der Waals surface area contributed by atoms with Crippen molar-refractivity contribution in [2.75, 3.05) is 51.8 Å². The highest BCUT2D eigenvalue weighted by molar-refractivity contribution is 6.24. The molecule has 3 heterocycles. The van der Waals surface area contributed by atoms with E-state index >= 15 is 0 Å². The molecule has 0 spiro atoms. The van der Waals surface area contributed by atoms with Gasteiger partial charge in [-0.15, -0.1) is 0 Å². The molecule has 2 atom stereocenters. The lowest BCUT2D eigenvalue weighted by Crippen LogP contribution is -2.47. The molecule has 1 aromatic heterocycles. The number of nitrogens with one attached hydrogen (secondary N) is 1. The van der Waals surface area contributed by atoms with Crippen LogP contribution in [0, 0.1) is 6.92 Å². The second kappa shape index (κ2) is 14.3. The van der Waals surface area contributed by atoms with Crippen molar-refractivity contribution in [3.8, 4) is 11.5 Å². The standard InChI is InChI=1S/C37H41N5O6/c1-24(26-10-6-5-7-11-26)40-18-20-41(21-19-40)31-13-8-12-28-34(31)37(45)42(36(28)44)30(27-15-16-32(46-3)33(22-27)47-4)14-9-17-38-35(43)29-23-39-48-25(29)2/h5-8,10-13,15-16,22-24,30H,9,14,17-21H2,1-4H3,(H,38,43)/t24?,30-/m1/s1. The first kappa shape index (κ1) is 32.8. The number of anilines is 1. The maximum Gasteiger partial charge on any atom is 0.264 e. The number of hydrogen-bond acceptors (Lipinski definition) is 9. The molecular formula is C37H41N5O6. The van der Waals surface area contributed by atoms with Crippen LogP contribution in [0.4, 0.5) is 5.69 Å². The number of carbonyl (C=O) groups is 3. The molecule has 0 bridgehead atoms. The molecule has 250 valence electrons. The van der Waals surface area contributed by atoms with Crippen molar-refractivity contribution in [1.29, 1.82) is 0 Å². The van der Waals surface area contributed by atoms with Gasteiger partial charge in [-0.25, -0.2) is 0 Å². The Hall–Kier alpha value is -5.16. The fraction of sp³-hybridized carbons (Fsp3) is 0.351. The predicted molar refractivity (Wildman–Crippen MR) is 181 cm³/mol. The molecular weight excluding hydrogens is 610 g/mol. The number of methoxy groups -OCH3 is 2. The molecule has 0 radical (unpaired) electrons. The van der Waals surface area contributed by atoms with Gasteiger partial charge in [0.05, 0.1) is 43.3 Å². The average Bonchev–Trinajstić information content (AvgIpc) is 3.67. The highest BCUT2D eigenvalue weighted by Gasteiger charge is 2.43. The number of aryl methyl sites for hydroxylation is 1. The summed E-state index contributed by atoms with van der Waals surface area (Å²) in [6.45, 7) is 7.36. The van der Waals surface area contributed by atoms with Gasteiger partial charge in [0.25, 0.3) is 17.7 Å². The van der Waals surface area contributed by atoms with Crippen molar-refractivity contribution in [3.05, 3.63) is 107 Å². The monoisotopic (exact) mass is 651 g/mol. The van der Waals surface area contributed by atoms with Gasteiger partial charge in [-0.3, -0.25) is 24.2 Å². The minimum absolute atomic E-state index is 0.279. The van der Waals surface area contributed by atoms with Gasteiger partial charge >= 0.3 is 0 Å². The fourth-order valence-corrected chi connectivity index (χ4v) is 6.74. The summed E-state index contributed by atoms with van der Waals surface area (Å²) in [5, 5.41) is 6.57. The number of rotatable bonds is 12. The normalized spacial score (nSPS) is 16.1. The summed E-state index contributed by atoms with van der Waals surface area (Å²) in [7, 11) is 3.11. The van der Waals surface area contributed by atoms with Crippen molar-refractivity contribution >= 4 is 23.4 Å². The first-order valence-electron chi connectivity index (χ1n) is 16.3. The van der Waals surface area contributed by atoms with Crippen LogP contribution in [0.15, 0.2) is 77.4 Å². The molecule has 0 saturated carbocycles. The zero-order chi connectivity index (χ0) is 33.8. The summed E-state index contributed by atoms with van der Waals surface area (Å²) in [6.07, 6.45) is 2.29. The van der Waals surface area contributed by atoms with Gasteiger partial charge in [0, 0.05) is 38.8 Å². The number of amides is 3. The Labute approximate surface area is 280 Å². The molecule has 1 unspecified atom stereocenters. The predicted octanol–water partition coefficient (Wildman–Crippen LogP) is 5.43. The van der Waals surface area contributed by atoms with E-state index in [0.29, 0.717) is 53.3 Å². The number of hydrogen-bond donors (Lipinski definition) is 1. The molecule has 1 N–H and O–H groups in total. The van der Waals surface area contributed by atoms with Crippen LogP contribution in [0.5, 0.6) is 11.5 Å². The summed E-state index contributed by atoms with van der Waals surface area (Å²) >= 11 is 0. The van der Waals surface area contributed by atoms with Gasteiger partial charge in [-0.05, 0) is 62.1 Å². The van der Waals surface area contributed by atoms with Crippen molar-refractivity contribution in [2.45, 2.75) is 38.8 Å². The number of nitrogens with zero attached hydrogens (tertiary/aromatic N) is 4. The van der Waals surface area contributed by atoms with Gasteiger partial charge in [0.1, 0.15) is 11.3 Å². The van der Waals surface area contributed by atoms with E-state index < -0.39 is 6.04 Å². The molecule has 2 aliphatic heterocycles. The summed E-state index contributed by atoms with van der Waals surface area (Å²) in [5.41, 5.74) is 4.00. The SMILES string of the molecule is COc1ccc([C@@H](CCCNC(=O)c2cnoc2C)N2C(=O)c3cccc(N4CCN(C(C)c5ccccc5)CC4)c3C2=O)cc1OC. The number of benzene rings is 3. The molecule has 1 fully saturated rings. The van der Waals surface area contributed by atoms with Crippen molar-refractivity contribution in [2.24, 2.45) is 0 Å². The highest BCUT2D eigenvalue weighted by atomic mass is 16.5. The third-order valence-electron chi connectivity index (χ3n) is 9.45. The molecule has 4 aromatic rings. The summed E-state index contributed by atoms with van der Waals surface area (Å²) in [6, 6.07) is 21.1. The van der Waals surface area contributed by atoms with E-state index in [4.69, 9.17) is 14.0 Å². The van der Waals surface area contributed by atoms with E-state index in [1.807, 2.05) is 24.3 Å². The van der Waals surface area contributed by atoms with Crippen LogP contribution in [0.2, 0.25) is 0 Å². The molecule has 1 saturated heterocycles. The molecule has 3 amide bonds. The van der Waals surface area contributed by atoms with Crippen LogP contribution in [0.3, 0.4) is 0 Å². The molecule has 11 heteroatoms. The van der Waals surface area contributed by atoms with E-state index in [1.165, 1.54) is 16.7 Å². The van der Waals surface area contributed by atoms with E-state index in [2.05, 4.69) is 51.5 Å². The second-order valence-electron chi connectivity index (χ2n) is 12.1. The van der Waals surface area contributed by atoms with Gasteiger partial charge in [-0.2, -0.15) is 0 Å². The van der Waals surface area contributed by atoms with E-state index in [0.717, 1.165) is 37.4 Å². The van der Waals surface area contributed by atoms with Crippen LogP contribution in [0.25, 0.3) is 0 Å². The van der Waals surface area contributed by atoms with Gasteiger partial charge < -0.3 is 24.2 Å². The highest BCUT2D eigenvalue weighted by Crippen LogP contribution is 2.40. The third-order valence-corrected chi connectivity index (χ3v) is 9.45. The Bertz CT molecular complexity index is 1780. The third kappa shape index (κ3) is 6.37. The lowest BCUT2D eigenvalue weighted by atomic mass is 9.99. The molecule has 2 aliphatic rings. The maximum absolute atomic E-state index is 14.4. The molecule has 6 rings (SSSR count). The molecule has 0 aliphatic carbocycles. The second-order valence-corrected chi connectivity index (χ2v) is 12.1. The Morgan fingerprint density at radius 1 is 0.917 bits per heavy atom. The molecule has 48 heavy (non-hydrogen) atoms. The number of imide groups is 1. The minimum atomic E-state index is -0.608. The Kier molecular flexibility index (Phi) is 9.77. The number of aromatic nitrogens is 1. The van der Waals surface area contributed by atoms with Gasteiger partial charge in [-0.1, -0.05) is 47.6 Å². The van der Waals surface area contributed by atoms with Crippen molar-refractivity contribution < 1.29 is 28.4 Å². The zero-order valence-electron chi connectivity index (χ0n) is 27.8. The first-order valence-corrected chi connectivity index (χ1v) is 16.3. The molecule has 11 nitrogen and oxygen atoms in total. The van der Waals surface area contributed by atoms with E-state index in [1.54, 1.807) is 39.3 Å². The maximum atomic E-state index is 14.4. The van der Waals surface area contributed by atoms with Crippen LogP contribution in [-0.4, -0.2) is 79.6 Å². The van der Waals surface area contributed by atoms with E-state index in [9.17, 15) is 14.4 Å². The number of ether oxygens (including phenoxy) is 2. The number of carbonyl (C=O) groups excluding carboxylic acids is 3. The zero-order valence-corrected chi connectivity index (χ0v) is 27.8. The van der Waals surface area contributed by atoms with Crippen molar-refractivity contribution in [1.82, 2.24) is 20.3 Å². The van der Waals surface area contributed by atoms with Crippen molar-refractivity contribution in [3.63, 3.8) is 0 Å². The quantitative estimate of drug-likeness (QED) is 0.158. The Balaban J connectivity index is 1.23.